The van der Waals surface area contributed by atoms with Gasteiger partial charge in [0.2, 0.25) is 5.91 Å². The maximum Gasteiger partial charge on any atom is 0.326 e. The zero-order valence-corrected chi connectivity index (χ0v) is 13.7. The second kappa shape index (κ2) is 5.33. The third-order valence-corrected chi connectivity index (χ3v) is 5.29. The van der Waals surface area contributed by atoms with Gasteiger partial charge >= 0.3 is 6.03 Å². The van der Waals surface area contributed by atoms with Crippen molar-refractivity contribution in [2.45, 2.75) is 56.7 Å². The quantitative estimate of drug-likeness (QED) is 0.825. The molecule has 4 rings (SSSR count). The van der Waals surface area contributed by atoms with Crippen LogP contribution in [0.2, 0.25) is 0 Å². The number of urea groups is 1. The predicted molar refractivity (Wildman–Crippen MR) is 87.1 cm³/mol. The van der Waals surface area contributed by atoms with Crippen LogP contribution in [0, 0.1) is 0 Å². The highest BCUT2D eigenvalue weighted by molar-refractivity contribution is 6.10. The maximum absolute atomic E-state index is 13.2. The summed E-state index contributed by atoms with van der Waals surface area (Å²) < 4.78 is 0. The van der Waals surface area contributed by atoms with Gasteiger partial charge in [0.25, 0.3) is 5.91 Å². The number of carbonyl (C=O) groups excluding carboxylic acids is 3. The van der Waals surface area contributed by atoms with Crippen LogP contribution in [0.25, 0.3) is 0 Å². The number of aryl methyl sites for hydroxylation is 1. The summed E-state index contributed by atoms with van der Waals surface area (Å²) in [7, 11) is 0. The van der Waals surface area contributed by atoms with Crippen LogP contribution >= 0.6 is 0 Å². The molecule has 6 heteroatoms. The Labute approximate surface area is 140 Å². The van der Waals surface area contributed by atoms with Gasteiger partial charge in [-0.15, -0.1) is 0 Å². The summed E-state index contributed by atoms with van der Waals surface area (Å²) >= 11 is 0. The number of hydrogen-bond acceptors (Lipinski definition) is 3. The Bertz CT molecular complexity index is 728. The highest BCUT2D eigenvalue weighted by Crippen LogP contribution is 2.40. The van der Waals surface area contributed by atoms with E-state index in [0.29, 0.717) is 6.42 Å². The Morgan fingerprint density at radius 3 is 2.83 bits per heavy atom. The lowest BCUT2D eigenvalue weighted by Crippen LogP contribution is -2.50. The lowest BCUT2D eigenvalue weighted by atomic mass is 9.76. The number of rotatable bonds is 3. The summed E-state index contributed by atoms with van der Waals surface area (Å²) in [5.41, 5.74) is 0.946. The van der Waals surface area contributed by atoms with Gasteiger partial charge in [-0.05, 0) is 50.2 Å². The van der Waals surface area contributed by atoms with Crippen molar-refractivity contribution in [2.75, 3.05) is 0 Å². The van der Waals surface area contributed by atoms with Crippen molar-refractivity contribution in [2.24, 2.45) is 0 Å². The minimum absolute atomic E-state index is 0.199. The summed E-state index contributed by atoms with van der Waals surface area (Å²) in [5, 5.41) is 5.76. The molecule has 0 unspecified atom stereocenters. The molecule has 6 nitrogen and oxygen atoms in total. The second-order valence-corrected chi connectivity index (χ2v) is 6.98. The fraction of sp³-hybridized carbons (Fsp3) is 0.500. The van der Waals surface area contributed by atoms with Crippen LogP contribution in [-0.4, -0.2) is 34.8 Å². The highest BCUT2D eigenvalue weighted by Gasteiger charge is 2.56. The fourth-order valence-corrected chi connectivity index (χ4v) is 3.80. The molecule has 0 aromatic heterocycles. The molecular formula is C18H21N3O3. The van der Waals surface area contributed by atoms with E-state index >= 15 is 0 Å². The zero-order valence-electron chi connectivity index (χ0n) is 13.7. The molecule has 1 aromatic carbocycles. The van der Waals surface area contributed by atoms with Crippen molar-refractivity contribution in [3.63, 3.8) is 0 Å². The van der Waals surface area contributed by atoms with Crippen molar-refractivity contribution in [1.29, 1.82) is 0 Å². The molecule has 4 amide bonds. The molecule has 1 saturated heterocycles. The first-order valence-electron chi connectivity index (χ1n) is 8.57. The monoisotopic (exact) mass is 327 g/mol. The van der Waals surface area contributed by atoms with Crippen molar-refractivity contribution >= 4 is 17.8 Å². The number of imide groups is 1. The predicted octanol–water partition coefficient (Wildman–Crippen LogP) is 1.44. The van der Waals surface area contributed by atoms with E-state index in [1.807, 2.05) is 24.3 Å². The number of hydrogen-bond donors (Lipinski definition) is 2. The van der Waals surface area contributed by atoms with Crippen LogP contribution in [0.3, 0.4) is 0 Å². The average Bonchev–Trinajstić information content (AvgIpc) is 3.34. The van der Waals surface area contributed by atoms with Gasteiger partial charge in [0.15, 0.2) is 0 Å². The first-order chi connectivity index (χ1) is 11.5. The average molecular weight is 327 g/mol. The molecular weight excluding hydrogens is 306 g/mol. The highest BCUT2D eigenvalue weighted by atomic mass is 16.2. The van der Waals surface area contributed by atoms with Crippen molar-refractivity contribution in [3.8, 4) is 0 Å². The van der Waals surface area contributed by atoms with Gasteiger partial charge in [0, 0.05) is 6.04 Å². The Balaban J connectivity index is 1.65. The molecule has 126 valence electrons. The minimum Gasteiger partial charge on any atom is -0.352 e. The first kappa shape index (κ1) is 15.2. The van der Waals surface area contributed by atoms with Crippen LogP contribution in [-0.2, 0) is 21.5 Å². The van der Waals surface area contributed by atoms with Crippen molar-refractivity contribution < 1.29 is 14.4 Å². The minimum atomic E-state index is -1.01. The third-order valence-electron chi connectivity index (χ3n) is 5.29. The van der Waals surface area contributed by atoms with Crippen LogP contribution in [0.1, 0.15) is 43.7 Å². The molecule has 1 aromatic rings. The van der Waals surface area contributed by atoms with Crippen LogP contribution in [0.5, 0.6) is 0 Å². The second-order valence-electron chi connectivity index (χ2n) is 6.98. The molecule has 2 N–H and O–H groups in total. The van der Waals surface area contributed by atoms with Crippen LogP contribution in [0.15, 0.2) is 24.3 Å². The van der Waals surface area contributed by atoms with Gasteiger partial charge in [-0.1, -0.05) is 24.3 Å². The molecule has 2 atom stereocenters. The van der Waals surface area contributed by atoms with E-state index < -0.39 is 17.6 Å². The Morgan fingerprint density at radius 1 is 1.33 bits per heavy atom. The lowest BCUT2D eigenvalue weighted by Gasteiger charge is -2.33. The zero-order chi connectivity index (χ0) is 16.9. The molecule has 1 aliphatic heterocycles. The topological polar surface area (TPSA) is 78.5 Å². The van der Waals surface area contributed by atoms with E-state index in [1.165, 1.54) is 0 Å². The molecule has 0 bridgehead atoms. The maximum atomic E-state index is 13.2. The lowest BCUT2D eigenvalue weighted by molar-refractivity contribution is -0.138. The molecule has 1 spiro atoms. The Kier molecular flexibility index (Phi) is 3.37. The molecule has 1 saturated carbocycles. The Morgan fingerprint density at radius 2 is 2.08 bits per heavy atom. The van der Waals surface area contributed by atoms with Gasteiger partial charge in [0.05, 0.1) is 0 Å². The fourth-order valence-electron chi connectivity index (χ4n) is 3.80. The van der Waals surface area contributed by atoms with E-state index in [2.05, 4.69) is 10.6 Å². The smallest absolute Gasteiger partial charge is 0.326 e. The standard InChI is InChI=1S/C18H21N3O3/c1-11(15(22)19-13-8-9-13)21-16(23)18(20-17(21)24)10-4-6-12-5-2-3-7-14(12)18/h2-3,5,7,11,13H,4,6,8-10H2,1H3,(H,19,22)(H,20,24)/t11-,18+/m1/s1. The van der Waals surface area contributed by atoms with Crippen molar-refractivity contribution in [3.05, 3.63) is 35.4 Å². The summed E-state index contributed by atoms with van der Waals surface area (Å²) in [6, 6.07) is 6.67. The van der Waals surface area contributed by atoms with Gasteiger partial charge in [0.1, 0.15) is 11.6 Å². The number of amides is 4. The first-order valence-corrected chi connectivity index (χ1v) is 8.57. The van der Waals surface area contributed by atoms with Crippen LogP contribution < -0.4 is 10.6 Å². The number of benzene rings is 1. The SMILES string of the molecule is C[C@H](C(=O)NC1CC1)N1C(=O)N[C@]2(CCCc3ccccc32)C1=O. The van der Waals surface area contributed by atoms with E-state index in [4.69, 9.17) is 0 Å². The van der Waals surface area contributed by atoms with Crippen LogP contribution in [0.4, 0.5) is 4.79 Å². The van der Waals surface area contributed by atoms with Gasteiger partial charge in [-0.2, -0.15) is 0 Å². The van der Waals surface area contributed by atoms with Gasteiger partial charge < -0.3 is 10.6 Å². The normalized spacial score (nSPS) is 27.0. The summed E-state index contributed by atoms with van der Waals surface area (Å²) in [4.78, 5) is 39.1. The molecule has 24 heavy (non-hydrogen) atoms. The molecule has 0 radical (unpaired) electrons. The summed E-state index contributed by atoms with van der Waals surface area (Å²) in [5.74, 6) is -0.569. The summed E-state index contributed by atoms with van der Waals surface area (Å²) in [6.45, 7) is 1.61. The van der Waals surface area contributed by atoms with Gasteiger partial charge in [-0.25, -0.2) is 9.69 Å². The van der Waals surface area contributed by atoms with E-state index in [9.17, 15) is 14.4 Å². The number of fused-ring (bicyclic) bond motifs is 2. The molecule has 3 aliphatic rings. The van der Waals surface area contributed by atoms with Gasteiger partial charge in [-0.3, -0.25) is 9.59 Å². The van der Waals surface area contributed by atoms with Crippen molar-refractivity contribution in [1.82, 2.24) is 15.5 Å². The van der Waals surface area contributed by atoms with E-state index in [1.54, 1.807) is 6.92 Å². The number of carbonyl (C=O) groups is 3. The molecule has 2 fully saturated rings. The number of nitrogens with one attached hydrogen (secondary N) is 2. The third kappa shape index (κ3) is 2.20. The number of nitrogens with zero attached hydrogens (tertiary/aromatic N) is 1. The summed E-state index contributed by atoms with van der Waals surface area (Å²) in [6.07, 6.45) is 4.24. The van der Waals surface area contributed by atoms with E-state index in [-0.39, 0.29) is 17.9 Å². The van der Waals surface area contributed by atoms with E-state index in [0.717, 1.165) is 41.7 Å². The molecule has 1 heterocycles. The molecule has 2 aliphatic carbocycles. The largest absolute Gasteiger partial charge is 0.352 e. The Hall–Kier alpha value is -2.37.